The summed E-state index contributed by atoms with van der Waals surface area (Å²) >= 11 is 0. The maximum Gasteiger partial charge on any atom is 0.305 e. The van der Waals surface area contributed by atoms with Crippen LogP contribution in [0.25, 0.3) is 0 Å². The maximum atomic E-state index is 11.5. The number of carboxylic acids is 1. The Balaban J connectivity index is 2.30. The average Bonchev–Trinajstić information content (AvgIpc) is 2.54. The summed E-state index contributed by atoms with van der Waals surface area (Å²) in [7, 11) is 0. The normalized spacial score (nSPS) is 16.8. The largest absolute Gasteiger partial charge is 0.481 e. The molecule has 1 aliphatic heterocycles. The molecule has 1 rings (SSSR count). The van der Waals surface area contributed by atoms with Gasteiger partial charge in [0.05, 0.1) is 6.42 Å². The smallest absolute Gasteiger partial charge is 0.305 e. The highest BCUT2D eigenvalue weighted by Crippen LogP contribution is 2.11. The third kappa shape index (κ3) is 4.15. The number of amides is 3. The highest BCUT2D eigenvalue weighted by molar-refractivity contribution is 6.02. The number of carbonyl (C=O) groups excluding carboxylic acids is 3. The predicted octanol–water partition coefficient (Wildman–Crippen LogP) is -0.495. The third-order valence-corrected chi connectivity index (χ3v) is 2.61. The molecular weight excluding hydrogens is 240 g/mol. The molecule has 0 bridgehead atoms. The molecule has 0 aromatic heterocycles. The third-order valence-electron chi connectivity index (χ3n) is 2.61. The van der Waals surface area contributed by atoms with Gasteiger partial charge in [-0.3, -0.25) is 24.1 Å². The molecule has 0 aromatic rings. The molecule has 1 unspecified atom stereocenters. The van der Waals surface area contributed by atoms with Gasteiger partial charge in [-0.15, -0.1) is 0 Å². The van der Waals surface area contributed by atoms with Crippen LogP contribution in [0.3, 0.4) is 0 Å². The van der Waals surface area contributed by atoms with E-state index in [1.165, 1.54) is 0 Å². The van der Waals surface area contributed by atoms with Gasteiger partial charge in [-0.2, -0.15) is 0 Å². The lowest BCUT2D eigenvalue weighted by Gasteiger charge is -2.15. The van der Waals surface area contributed by atoms with Crippen molar-refractivity contribution >= 4 is 23.7 Å². The second-order valence-corrected chi connectivity index (χ2v) is 4.26. The summed E-state index contributed by atoms with van der Waals surface area (Å²) in [6, 6.07) is -0.472. The summed E-state index contributed by atoms with van der Waals surface area (Å²) in [5.41, 5.74) is 0. The Bertz CT molecular complexity index is 364. The molecule has 0 saturated carbocycles. The summed E-state index contributed by atoms with van der Waals surface area (Å²) in [5.74, 6) is -1.87. The van der Waals surface area contributed by atoms with Gasteiger partial charge in [0, 0.05) is 31.8 Å². The summed E-state index contributed by atoms with van der Waals surface area (Å²) in [5, 5.41) is 11.0. The minimum absolute atomic E-state index is 0.00143. The van der Waals surface area contributed by atoms with E-state index in [1.807, 2.05) is 0 Å². The number of rotatable bonds is 6. The fraction of sp³-hybridized carbons (Fsp3) is 0.636. The average molecular weight is 256 g/mol. The van der Waals surface area contributed by atoms with Crippen LogP contribution in [-0.2, 0) is 19.2 Å². The predicted molar refractivity (Wildman–Crippen MR) is 60.4 cm³/mol. The first-order chi connectivity index (χ1) is 8.40. The Morgan fingerprint density at radius 2 is 1.89 bits per heavy atom. The first kappa shape index (κ1) is 14.1. The lowest BCUT2D eigenvalue weighted by Crippen LogP contribution is -2.38. The summed E-state index contributed by atoms with van der Waals surface area (Å²) < 4.78 is 0. The number of nitrogens with zero attached hydrogens (tertiary/aromatic N) is 1. The van der Waals surface area contributed by atoms with E-state index < -0.39 is 12.0 Å². The first-order valence-corrected chi connectivity index (χ1v) is 5.74. The van der Waals surface area contributed by atoms with Crippen LogP contribution in [0.4, 0.5) is 0 Å². The maximum absolute atomic E-state index is 11.5. The van der Waals surface area contributed by atoms with E-state index in [2.05, 4.69) is 5.32 Å². The number of carbonyl (C=O) groups is 4. The Kier molecular flexibility index (Phi) is 4.82. The van der Waals surface area contributed by atoms with Crippen molar-refractivity contribution in [3.8, 4) is 0 Å². The van der Waals surface area contributed by atoms with Crippen molar-refractivity contribution in [2.24, 2.45) is 0 Å². The molecule has 7 nitrogen and oxygen atoms in total. The number of hydrogen-bond donors (Lipinski definition) is 2. The van der Waals surface area contributed by atoms with Gasteiger partial charge < -0.3 is 10.4 Å². The van der Waals surface area contributed by atoms with Crippen LogP contribution in [0.1, 0.15) is 32.6 Å². The molecule has 1 fully saturated rings. The van der Waals surface area contributed by atoms with Crippen LogP contribution < -0.4 is 5.32 Å². The van der Waals surface area contributed by atoms with Gasteiger partial charge in [-0.05, 0) is 6.92 Å². The topological polar surface area (TPSA) is 104 Å². The summed E-state index contributed by atoms with van der Waals surface area (Å²) in [6.07, 6.45) is 0.250. The molecule has 7 heteroatoms. The number of likely N-dealkylation sites (tertiary alicyclic amines) is 1. The van der Waals surface area contributed by atoms with Crippen LogP contribution in [0.15, 0.2) is 0 Å². The summed E-state index contributed by atoms with van der Waals surface area (Å²) in [6.45, 7) is 1.64. The Labute approximate surface area is 104 Å². The van der Waals surface area contributed by atoms with E-state index in [4.69, 9.17) is 5.11 Å². The van der Waals surface area contributed by atoms with Crippen LogP contribution in [0.5, 0.6) is 0 Å². The highest BCUT2D eigenvalue weighted by atomic mass is 16.4. The van der Waals surface area contributed by atoms with Crippen molar-refractivity contribution in [1.82, 2.24) is 10.2 Å². The molecule has 0 spiro atoms. The Morgan fingerprint density at radius 1 is 1.33 bits per heavy atom. The van der Waals surface area contributed by atoms with Gasteiger partial charge in [0.1, 0.15) is 0 Å². The SMILES string of the molecule is CC(CC(=O)O)NC(=O)CCN1C(=O)CCC1=O. The van der Waals surface area contributed by atoms with Gasteiger partial charge in [0.25, 0.3) is 0 Å². The zero-order valence-corrected chi connectivity index (χ0v) is 10.1. The highest BCUT2D eigenvalue weighted by Gasteiger charge is 2.28. The molecule has 1 heterocycles. The minimum Gasteiger partial charge on any atom is -0.481 e. The fourth-order valence-corrected chi connectivity index (χ4v) is 1.75. The molecule has 2 N–H and O–H groups in total. The number of carboxylic acid groups (broad SMARTS) is 1. The van der Waals surface area contributed by atoms with E-state index in [-0.39, 0.29) is 49.9 Å². The molecule has 18 heavy (non-hydrogen) atoms. The number of hydrogen-bond acceptors (Lipinski definition) is 4. The second-order valence-electron chi connectivity index (χ2n) is 4.26. The van der Waals surface area contributed by atoms with Gasteiger partial charge in [0.15, 0.2) is 0 Å². The van der Waals surface area contributed by atoms with E-state index in [0.717, 1.165) is 4.90 Å². The van der Waals surface area contributed by atoms with Crippen molar-refractivity contribution in [2.45, 2.75) is 38.6 Å². The van der Waals surface area contributed by atoms with E-state index >= 15 is 0 Å². The van der Waals surface area contributed by atoms with Gasteiger partial charge in [-0.1, -0.05) is 0 Å². The lowest BCUT2D eigenvalue weighted by atomic mass is 10.2. The van der Waals surface area contributed by atoms with Crippen molar-refractivity contribution in [3.63, 3.8) is 0 Å². The van der Waals surface area contributed by atoms with Crippen molar-refractivity contribution < 1.29 is 24.3 Å². The molecule has 1 saturated heterocycles. The van der Waals surface area contributed by atoms with Gasteiger partial charge in [0.2, 0.25) is 17.7 Å². The Morgan fingerprint density at radius 3 is 2.39 bits per heavy atom. The number of nitrogens with one attached hydrogen (secondary N) is 1. The molecule has 0 radical (unpaired) electrons. The van der Waals surface area contributed by atoms with Crippen LogP contribution >= 0.6 is 0 Å². The van der Waals surface area contributed by atoms with E-state index in [9.17, 15) is 19.2 Å². The van der Waals surface area contributed by atoms with Crippen molar-refractivity contribution in [2.75, 3.05) is 6.54 Å². The van der Waals surface area contributed by atoms with Crippen molar-refractivity contribution in [1.29, 1.82) is 0 Å². The second kappa shape index (κ2) is 6.13. The zero-order chi connectivity index (χ0) is 13.7. The number of imide groups is 1. The fourth-order valence-electron chi connectivity index (χ4n) is 1.75. The molecule has 0 aromatic carbocycles. The summed E-state index contributed by atoms with van der Waals surface area (Å²) in [4.78, 5) is 45.4. The van der Waals surface area contributed by atoms with Gasteiger partial charge >= 0.3 is 5.97 Å². The van der Waals surface area contributed by atoms with Crippen LogP contribution in [0, 0.1) is 0 Å². The standard InChI is InChI=1S/C11H16N2O5/c1-7(6-11(17)18)12-8(14)4-5-13-9(15)2-3-10(13)16/h7H,2-6H2,1H3,(H,12,14)(H,17,18). The Hall–Kier alpha value is -1.92. The first-order valence-electron chi connectivity index (χ1n) is 5.74. The van der Waals surface area contributed by atoms with Crippen LogP contribution in [0.2, 0.25) is 0 Å². The van der Waals surface area contributed by atoms with Crippen molar-refractivity contribution in [3.05, 3.63) is 0 Å². The zero-order valence-electron chi connectivity index (χ0n) is 10.1. The molecule has 3 amide bonds. The minimum atomic E-state index is -0.993. The molecule has 1 atom stereocenters. The molecule has 100 valence electrons. The van der Waals surface area contributed by atoms with E-state index in [0.29, 0.717) is 0 Å². The van der Waals surface area contributed by atoms with Crippen LogP contribution in [-0.4, -0.2) is 46.3 Å². The molecule has 1 aliphatic rings. The number of aliphatic carboxylic acids is 1. The molecule has 0 aliphatic carbocycles. The lowest BCUT2D eigenvalue weighted by molar-refractivity contribution is -0.139. The van der Waals surface area contributed by atoms with Gasteiger partial charge in [-0.25, -0.2) is 0 Å². The molecular formula is C11H16N2O5. The quantitative estimate of drug-likeness (QED) is 0.624. The monoisotopic (exact) mass is 256 g/mol. The van der Waals surface area contributed by atoms with E-state index in [1.54, 1.807) is 6.92 Å².